The number of nitrogens with zero attached hydrogens (tertiary/aromatic N) is 1. The average molecular weight is 376 g/mol. The van der Waals surface area contributed by atoms with Crippen LogP contribution in [0.2, 0.25) is 0 Å². The van der Waals surface area contributed by atoms with E-state index in [4.69, 9.17) is 9.47 Å². The van der Waals surface area contributed by atoms with Crippen molar-refractivity contribution < 1.29 is 24.2 Å². The van der Waals surface area contributed by atoms with Crippen LogP contribution in [0, 0.1) is 5.92 Å². The molecule has 148 valence electrons. The highest BCUT2D eigenvalue weighted by molar-refractivity contribution is 5.69. The lowest BCUT2D eigenvalue weighted by molar-refractivity contribution is -0.0581. The van der Waals surface area contributed by atoms with E-state index in [0.29, 0.717) is 19.4 Å². The first-order valence-electron chi connectivity index (χ1n) is 9.13. The van der Waals surface area contributed by atoms with Gasteiger partial charge in [-0.25, -0.2) is 9.59 Å². The summed E-state index contributed by atoms with van der Waals surface area (Å²) < 4.78 is 11.3. The number of benzene rings is 1. The molecule has 1 aliphatic rings. The number of carbonyl (C=O) groups excluding carboxylic acids is 2. The van der Waals surface area contributed by atoms with E-state index in [1.807, 2.05) is 30.3 Å². The van der Waals surface area contributed by atoms with Crippen LogP contribution in [0.4, 0.5) is 4.79 Å². The number of isocyanates is 1. The monoisotopic (exact) mass is 376 g/mol. The third-order valence-corrected chi connectivity index (χ3v) is 4.50. The van der Waals surface area contributed by atoms with E-state index in [1.165, 1.54) is 0 Å². The summed E-state index contributed by atoms with van der Waals surface area (Å²) in [7, 11) is 0. The van der Waals surface area contributed by atoms with Crippen LogP contribution in [-0.2, 0) is 20.9 Å². The zero-order valence-corrected chi connectivity index (χ0v) is 16.1. The first kappa shape index (κ1) is 21.1. The van der Waals surface area contributed by atoms with Crippen molar-refractivity contribution >= 4 is 12.2 Å². The number of alkyl carbamates (subject to hydrolysis) is 1. The summed E-state index contributed by atoms with van der Waals surface area (Å²) in [4.78, 5) is 27.0. The Labute approximate surface area is 159 Å². The van der Waals surface area contributed by atoms with Crippen LogP contribution in [0.3, 0.4) is 0 Å². The maximum Gasteiger partial charge on any atom is 0.409 e. The van der Waals surface area contributed by atoms with Crippen LogP contribution in [0.25, 0.3) is 0 Å². The van der Waals surface area contributed by atoms with Gasteiger partial charge in [0.1, 0.15) is 11.3 Å². The van der Waals surface area contributed by atoms with Gasteiger partial charge in [0.2, 0.25) is 6.08 Å². The first-order valence-corrected chi connectivity index (χ1v) is 9.13. The SMILES string of the molecule is CC(C)(C)OC(=O)N[C@@]1(N=C=O)CC[C@H](OCc2ccccc2)[C@@H](CO)C1. The topological polar surface area (TPSA) is 97.2 Å². The molecule has 0 spiro atoms. The number of aliphatic hydroxyl groups excluding tert-OH is 1. The Kier molecular flexibility index (Phi) is 7.13. The Morgan fingerprint density at radius 3 is 2.67 bits per heavy atom. The van der Waals surface area contributed by atoms with Gasteiger partial charge in [0, 0.05) is 12.5 Å². The number of aliphatic hydroxyl groups is 1. The number of hydrogen-bond donors (Lipinski definition) is 2. The van der Waals surface area contributed by atoms with Crippen molar-refractivity contribution in [3.8, 4) is 0 Å². The van der Waals surface area contributed by atoms with Crippen LogP contribution >= 0.6 is 0 Å². The fourth-order valence-electron chi connectivity index (χ4n) is 3.29. The van der Waals surface area contributed by atoms with Gasteiger partial charge in [-0.15, -0.1) is 0 Å². The zero-order chi connectivity index (χ0) is 19.9. The van der Waals surface area contributed by atoms with Crippen molar-refractivity contribution in [2.45, 2.75) is 64.0 Å². The van der Waals surface area contributed by atoms with Crippen LogP contribution in [-0.4, -0.2) is 41.3 Å². The molecule has 1 aromatic carbocycles. The van der Waals surface area contributed by atoms with Crippen LogP contribution in [0.1, 0.15) is 45.6 Å². The van der Waals surface area contributed by atoms with Gasteiger partial charge in [-0.2, -0.15) is 4.99 Å². The Morgan fingerprint density at radius 1 is 1.37 bits per heavy atom. The Bertz CT molecular complexity index is 667. The molecule has 7 nitrogen and oxygen atoms in total. The largest absolute Gasteiger partial charge is 0.444 e. The van der Waals surface area contributed by atoms with Gasteiger partial charge in [-0.05, 0) is 45.6 Å². The molecule has 0 bridgehead atoms. The van der Waals surface area contributed by atoms with Crippen molar-refractivity contribution in [3.05, 3.63) is 35.9 Å². The van der Waals surface area contributed by atoms with Gasteiger partial charge in [-0.3, -0.25) is 5.32 Å². The number of rotatable bonds is 6. The van der Waals surface area contributed by atoms with E-state index < -0.39 is 17.4 Å². The average Bonchev–Trinajstić information content (AvgIpc) is 2.60. The molecule has 0 aromatic heterocycles. The quantitative estimate of drug-likeness (QED) is 0.588. The number of nitrogens with one attached hydrogen (secondary N) is 1. The molecular formula is C20H28N2O5. The summed E-state index contributed by atoms with van der Waals surface area (Å²) in [6, 6.07) is 9.77. The molecule has 1 amide bonds. The van der Waals surface area contributed by atoms with Crippen LogP contribution in [0.15, 0.2) is 35.3 Å². The van der Waals surface area contributed by atoms with Crippen molar-refractivity contribution in [2.24, 2.45) is 10.9 Å². The number of carbonyl (C=O) groups is 1. The van der Waals surface area contributed by atoms with Gasteiger partial charge in [0.15, 0.2) is 0 Å². The second-order valence-electron chi connectivity index (χ2n) is 7.88. The van der Waals surface area contributed by atoms with E-state index in [-0.39, 0.29) is 25.0 Å². The molecule has 1 saturated carbocycles. The fourth-order valence-corrected chi connectivity index (χ4v) is 3.29. The van der Waals surface area contributed by atoms with Gasteiger partial charge in [0.05, 0.1) is 12.7 Å². The molecule has 0 heterocycles. The van der Waals surface area contributed by atoms with Crippen LogP contribution < -0.4 is 5.32 Å². The molecule has 0 aliphatic heterocycles. The molecule has 0 unspecified atom stereocenters. The van der Waals surface area contributed by atoms with E-state index >= 15 is 0 Å². The highest BCUT2D eigenvalue weighted by Gasteiger charge is 2.43. The Balaban J connectivity index is 2.03. The minimum atomic E-state index is -1.13. The molecule has 2 rings (SSSR count). The zero-order valence-electron chi connectivity index (χ0n) is 16.1. The Morgan fingerprint density at radius 2 is 2.07 bits per heavy atom. The van der Waals surface area contributed by atoms with E-state index in [1.54, 1.807) is 26.9 Å². The molecule has 1 aliphatic carbocycles. The molecule has 27 heavy (non-hydrogen) atoms. The predicted octanol–water partition coefficient (Wildman–Crippen LogP) is 2.92. The molecule has 2 N–H and O–H groups in total. The van der Waals surface area contributed by atoms with E-state index in [9.17, 15) is 14.7 Å². The van der Waals surface area contributed by atoms with Crippen LogP contribution in [0.5, 0.6) is 0 Å². The predicted molar refractivity (Wildman–Crippen MR) is 99.7 cm³/mol. The molecule has 1 fully saturated rings. The molecule has 7 heteroatoms. The number of hydrogen-bond acceptors (Lipinski definition) is 6. The lowest BCUT2D eigenvalue weighted by atomic mass is 9.79. The third-order valence-electron chi connectivity index (χ3n) is 4.50. The lowest BCUT2D eigenvalue weighted by Crippen LogP contribution is -2.54. The Hall–Kier alpha value is -2.21. The lowest BCUT2D eigenvalue weighted by Gasteiger charge is -2.41. The second-order valence-corrected chi connectivity index (χ2v) is 7.88. The summed E-state index contributed by atoms with van der Waals surface area (Å²) in [6.07, 6.45) is 1.92. The molecule has 0 radical (unpaired) electrons. The minimum Gasteiger partial charge on any atom is -0.444 e. The highest BCUT2D eigenvalue weighted by atomic mass is 16.6. The smallest absolute Gasteiger partial charge is 0.409 e. The summed E-state index contributed by atoms with van der Waals surface area (Å²) in [6.45, 7) is 5.57. The molecule has 0 saturated heterocycles. The molecule has 1 aromatic rings. The van der Waals surface area contributed by atoms with Crippen molar-refractivity contribution in [2.75, 3.05) is 6.61 Å². The van der Waals surface area contributed by atoms with Gasteiger partial charge < -0.3 is 14.6 Å². The first-order chi connectivity index (χ1) is 12.8. The minimum absolute atomic E-state index is 0.133. The summed E-state index contributed by atoms with van der Waals surface area (Å²) in [5, 5.41) is 12.5. The molecule has 3 atom stereocenters. The van der Waals surface area contributed by atoms with Gasteiger partial charge >= 0.3 is 6.09 Å². The van der Waals surface area contributed by atoms with E-state index in [0.717, 1.165) is 5.56 Å². The van der Waals surface area contributed by atoms with Gasteiger partial charge in [-0.1, -0.05) is 30.3 Å². The maximum atomic E-state index is 12.2. The van der Waals surface area contributed by atoms with Crippen molar-refractivity contribution in [3.63, 3.8) is 0 Å². The standard InChI is InChI=1S/C20H28N2O5/c1-19(2,3)27-18(25)22-20(21-14-24)10-9-17(16(11-20)12-23)26-13-15-7-5-4-6-8-15/h4-8,16-17,23H,9-13H2,1-3H3,(H,22,25)/t16-,17+,20+/m1/s1. The molecular weight excluding hydrogens is 348 g/mol. The number of ether oxygens (including phenoxy) is 2. The third kappa shape index (κ3) is 6.47. The highest BCUT2D eigenvalue weighted by Crippen LogP contribution is 2.35. The summed E-state index contributed by atoms with van der Waals surface area (Å²) >= 11 is 0. The summed E-state index contributed by atoms with van der Waals surface area (Å²) in [5.41, 5.74) is -0.754. The normalized spacial score (nSPS) is 25.3. The fraction of sp³-hybridized carbons (Fsp3) is 0.600. The van der Waals surface area contributed by atoms with E-state index in [2.05, 4.69) is 10.3 Å². The maximum absolute atomic E-state index is 12.2. The van der Waals surface area contributed by atoms with Crippen molar-refractivity contribution in [1.29, 1.82) is 0 Å². The van der Waals surface area contributed by atoms with Crippen molar-refractivity contribution in [1.82, 2.24) is 5.32 Å². The number of amides is 1. The number of aliphatic imine (C=N–C) groups is 1. The summed E-state index contributed by atoms with van der Waals surface area (Å²) in [5.74, 6) is -0.269. The van der Waals surface area contributed by atoms with Gasteiger partial charge in [0.25, 0.3) is 0 Å². The second kappa shape index (κ2) is 9.13.